The van der Waals surface area contributed by atoms with Crippen molar-refractivity contribution in [2.75, 3.05) is 7.05 Å². The number of hydrogen-bond donors (Lipinski definition) is 1. The molecule has 0 saturated heterocycles. The molecular weight excluding hydrogens is 267 g/mol. The zero-order chi connectivity index (χ0) is 15.2. The van der Waals surface area contributed by atoms with Crippen LogP contribution >= 0.6 is 0 Å². The van der Waals surface area contributed by atoms with Gasteiger partial charge in [-0.15, -0.1) is 0 Å². The second-order valence-electron chi connectivity index (χ2n) is 4.80. The lowest BCUT2D eigenvalue weighted by molar-refractivity contribution is 0.305. The Morgan fingerprint density at radius 2 is 2.10 bits per heavy atom. The number of halogens is 1. The third-order valence-corrected chi connectivity index (χ3v) is 3.35. The molecule has 2 aromatic carbocycles. The topological polar surface area (TPSA) is 45.0 Å². The van der Waals surface area contributed by atoms with Gasteiger partial charge in [0.05, 0.1) is 5.56 Å². The van der Waals surface area contributed by atoms with Gasteiger partial charge in [-0.2, -0.15) is 5.26 Å². The molecule has 0 heterocycles. The van der Waals surface area contributed by atoms with Gasteiger partial charge in [-0.1, -0.05) is 18.2 Å². The summed E-state index contributed by atoms with van der Waals surface area (Å²) in [7, 11) is 1.90. The van der Waals surface area contributed by atoms with Crippen LogP contribution in [0, 0.1) is 17.1 Å². The number of rotatable bonds is 5. The maximum Gasteiger partial charge on any atom is 0.140 e. The summed E-state index contributed by atoms with van der Waals surface area (Å²) in [5, 5.41) is 12.0. The second-order valence-corrected chi connectivity index (χ2v) is 4.80. The van der Waals surface area contributed by atoms with Crippen molar-refractivity contribution in [2.24, 2.45) is 0 Å². The Balaban J connectivity index is 2.08. The van der Waals surface area contributed by atoms with Crippen molar-refractivity contribution in [2.45, 2.75) is 19.6 Å². The smallest absolute Gasteiger partial charge is 0.140 e. The summed E-state index contributed by atoms with van der Waals surface area (Å²) in [4.78, 5) is 0. The molecule has 2 rings (SSSR count). The van der Waals surface area contributed by atoms with Crippen LogP contribution in [-0.4, -0.2) is 7.05 Å². The summed E-state index contributed by atoms with van der Waals surface area (Å²) >= 11 is 0. The lowest BCUT2D eigenvalue weighted by Crippen LogP contribution is -2.12. The molecule has 0 amide bonds. The van der Waals surface area contributed by atoms with Crippen LogP contribution < -0.4 is 10.1 Å². The summed E-state index contributed by atoms with van der Waals surface area (Å²) in [6.07, 6.45) is 0. The van der Waals surface area contributed by atoms with E-state index in [2.05, 4.69) is 12.2 Å². The fourth-order valence-electron chi connectivity index (χ4n) is 1.95. The molecule has 0 fully saturated rings. The minimum atomic E-state index is -0.508. The third-order valence-electron chi connectivity index (χ3n) is 3.35. The first-order valence-corrected chi connectivity index (χ1v) is 6.72. The average molecular weight is 284 g/mol. The van der Waals surface area contributed by atoms with Crippen LogP contribution in [0.4, 0.5) is 4.39 Å². The normalized spacial score (nSPS) is 11.7. The quantitative estimate of drug-likeness (QED) is 0.913. The van der Waals surface area contributed by atoms with E-state index < -0.39 is 5.82 Å². The lowest BCUT2D eigenvalue weighted by Gasteiger charge is -2.13. The Morgan fingerprint density at radius 3 is 2.81 bits per heavy atom. The number of benzene rings is 2. The molecule has 1 N–H and O–H groups in total. The van der Waals surface area contributed by atoms with Gasteiger partial charge in [0.15, 0.2) is 0 Å². The Morgan fingerprint density at radius 1 is 1.29 bits per heavy atom. The van der Waals surface area contributed by atoms with Gasteiger partial charge in [0, 0.05) is 6.04 Å². The molecule has 0 aliphatic rings. The van der Waals surface area contributed by atoms with E-state index in [0.717, 1.165) is 16.9 Å². The maximum absolute atomic E-state index is 13.2. The molecule has 108 valence electrons. The molecular formula is C17H17FN2O. The van der Waals surface area contributed by atoms with Crippen molar-refractivity contribution in [3.05, 3.63) is 65.0 Å². The molecule has 0 aliphatic carbocycles. The minimum Gasteiger partial charge on any atom is -0.489 e. The molecule has 0 bridgehead atoms. The van der Waals surface area contributed by atoms with Gasteiger partial charge < -0.3 is 10.1 Å². The van der Waals surface area contributed by atoms with Crippen molar-refractivity contribution in [1.82, 2.24) is 5.32 Å². The molecule has 0 aromatic heterocycles. The molecule has 0 saturated carbocycles. The molecule has 1 unspecified atom stereocenters. The van der Waals surface area contributed by atoms with E-state index in [0.29, 0.717) is 6.61 Å². The first-order chi connectivity index (χ1) is 10.1. The summed E-state index contributed by atoms with van der Waals surface area (Å²) in [5.74, 6) is 0.239. The monoisotopic (exact) mass is 284 g/mol. The summed E-state index contributed by atoms with van der Waals surface area (Å²) in [6, 6.07) is 14.3. The molecule has 4 heteroatoms. The number of nitrogens with zero attached hydrogens (tertiary/aromatic N) is 1. The minimum absolute atomic E-state index is 0.0358. The van der Waals surface area contributed by atoms with Crippen molar-refractivity contribution < 1.29 is 9.13 Å². The standard InChI is InChI=1S/C17H17FN2O/c1-12(20-2)14-4-3-5-16(9-14)21-11-13-6-7-17(18)15(8-13)10-19/h3-9,12,20H,11H2,1-2H3. The van der Waals surface area contributed by atoms with Crippen LogP contribution in [0.1, 0.15) is 29.7 Å². The number of nitriles is 1. The molecule has 21 heavy (non-hydrogen) atoms. The highest BCUT2D eigenvalue weighted by atomic mass is 19.1. The fourth-order valence-corrected chi connectivity index (χ4v) is 1.95. The molecule has 0 radical (unpaired) electrons. The summed E-state index contributed by atoms with van der Waals surface area (Å²) < 4.78 is 19.0. The highest BCUT2D eigenvalue weighted by Gasteiger charge is 2.06. The van der Waals surface area contributed by atoms with Gasteiger partial charge in [-0.3, -0.25) is 0 Å². The van der Waals surface area contributed by atoms with E-state index in [9.17, 15) is 4.39 Å². The van der Waals surface area contributed by atoms with Crippen LogP contribution in [0.15, 0.2) is 42.5 Å². The number of hydrogen-bond acceptors (Lipinski definition) is 3. The molecule has 3 nitrogen and oxygen atoms in total. The van der Waals surface area contributed by atoms with Crippen LogP contribution in [-0.2, 0) is 6.61 Å². The van der Waals surface area contributed by atoms with E-state index in [-0.39, 0.29) is 11.6 Å². The van der Waals surface area contributed by atoms with Crippen molar-refractivity contribution >= 4 is 0 Å². The van der Waals surface area contributed by atoms with E-state index >= 15 is 0 Å². The highest BCUT2D eigenvalue weighted by molar-refractivity contribution is 5.35. The molecule has 0 spiro atoms. The number of ether oxygens (including phenoxy) is 1. The van der Waals surface area contributed by atoms with E-state index in [1.807, 2.05) is 37.4 Å². The largest absolute Gasteiger partial charge is 0.489 e. The molecule has 0 aliphatic heterocycles. The van der Waals surface area contributed by atoms with Crippen molar-refractivity contribution in [1.29, 1.82) is 5.26 Å². The Labute approximate surface area is 124 Å². The third kappa shape index (κ3) is 3.80. The van der Waals surface area contributed by atoms with E-state index in [1.54, 1.807) is 6.07 Å². The molecule has 2 aromatic rings. The predicted octanol–water partition coefficient (Wildman–Crippen LogP) is 3.56. The fraction of sp³-hybridized carbons (Fsp3) is 0.235. The highest BCUT2D eigenvalue weighted by Crippen LogP contribution is 2.20. The van der Waals surface area contributed by atoms with Gasteiger partial charge in [-0.05, 0) is 49.4 Å². The van der Waals surface area contributed by atoms with Crippen molar-refractivity contribution in [3.8, 4) is 11.8 Å². The average Bonchev–Trinajstić information content (AvgIpc) is 2.53. The van der Waals surface area contributed by atoms with Gasteiger partial charge in [0.1, 0.15) is 24.2 Å². The molecule has 1 atom stereocenters. The van der Waals surface area contributed by atoms with Gasteiger partial charge in [0.25, 0.3) is 0 Å². The van der Waals surface area contributed by atoms with E-state index in [4.69, 9.17) is 10.00 Å². The summed E-state index contributed by atoms with van der Waals surface area (Å²) in [6.45, 7) is 2.37. The second kappa shape index (κ2) is 6.87. The Hall–Kier alpha value is -2.38. The van der Waals surface area contributed by atoms with Crippen LogP contribution in [0.3, 0.4) is 0 Å². The Kier molecular flexibility index (Phi) is 4.91. The lowest BCUT2D eigenvalue weighted by atomic mass is 10.1. The first kappa shape index (κ1) is 15.0. The van der Waals surface area contributed by atoms with Gasteiger partial charge in [0.2, 0.25) is 0 Å². The number of nitrogens with one attached hydrogen (secondary N) is 1. The van der Waals surface area contributed by atoms with Crippen molar-refractivity contribution in [3.63, 3.8) is 0 Å². The van der Waals surface area contributed by atoms with Crippen LogP contribution in [0.5, 0.6) is 5.75 Å². The SMILES string of the molecule is CNC(C)c1cccc(OCc2ccc(F)c(C#N)c2)c1. The van der Waals surface area contributed by atoms with E-state index in [1.165, 1.54) is 12.1 Å². The van der Waals surface area contributed by atoms with Gasteiger partial charge >= 0.3 is 0 Å². The maximum atomic E-state index is 13.2. The summed E-state index contributed by atoms with van der Waals surface area (Å²) in [5.41, 5.74) is 1.93. The van der Waals surface area contributed by atoms with Crippen LogP contribution in [0.25, 0.3) is 0 Å². The van der Waals surface area contributed by atoms with Gasteiger partial charge in [-0.25, -0.2) is 4.39 Å². The zero-order valence-corrected chi connectivity index (χ0v) is 12.1. The Bertz CT molecular complexity index is 664. The first-order valence-electron chi connectivity index (χ1n) is 6.72. The predicted molar refractivity (Wildman–Crippen MR) is 79.4 cm³/mol. The van der Waals surface area contributed by atoms with Crippen LogP contribution in [0.2, 0.25) is 0 Å². The zero-order valence-electron chi connectivity index (χ0n) is 12.1.